The van der Waals surface area contributed by atoms with Gasteiger partial charge in [-0.25, -0.2) is 0 Å². The maximum atomic E-state index is 5.76. The van der Waals surface area contributed by atoms with E-state index in [-0.39, 0.29) is 0 Å². The summed E-state index contributed by atoms with van der Waals surface area (Å²) in [6.45, 7) is 2.54. The van der Waals surface area contributed by atoms with E-state index in [0.29, 0.717) is 24.2 Å². The Balaban J connectivity index is 1.87. The predicted molar refractivity (Wildman–Crippen MR) is 87.4 cm³/mol. The third kappa shape index (κ3) is 3.43. The van der Waals surface area contributed by atoms with Crippen molar-refractivity contribution >= 4 is 11.3 Å². The van der Waals surface area contributed by atoms with E-state index in [4.69, 9.17) is 9.47 Å². The lowest BCUT2D eigenvalue weighted by Gasteiger charge is -2.08. The second kappa shape index (κ2) is 6.58. The van der Waals surface area contributed by atoms with E-state index < -0.39 is 0 Å². The summed E-state index contributed by atoms with van der Waals surface area (Å²) in [4.78, 5) is 10.0. The lowest BCUT2D eigenvalue weighted by atomic mass is 10.1. The molecule has 0 aliphatic heterocycles. The highest BCUT2D eigenvalue weighted by Crippen LogP contribution is 2.24. The number of hydrogen-bond donors (Lipinski definition) is 0. The zero-order valence-electron chi connectivity index (χ0n) is 12.4. The third-order valence-electron chi connectivity index (χ3n) is 3.14. The molecule has 0 saturated carbocycles. The molecule has 5 heteroatoms. The minimum atomic E-state index is 0.491. The number of thiophene rings is 1. The van der Waals surface area contributed by atoms with Gasteiger partial charge < -0.3 is 9.47 Å². The summed E-state index contributed by atoms with van der Waals surface area (Å²) in [6, 6.07) is 13.8. The maximum absolute atomic E-state index is 5.76. The zero-order chi connectivity index (χ0) is 15.4. The van der Waals surface area contributed by atoms with Gasteiger partial charge in [-0.05, 0) is 18.4 Å². The van der Waals surface area contributed by atoms with Gasteiger partial charge in [0.25, 0.3) is 0 Å². The lowest BCUT2D eigenvalue weighted by Crippen LogP contribution is -2.00. The Morgan fingerprint density at radius 1 is 1.05 bits per heavy atom. The van der Waals surface area contributed by atoms with Gasteiger partial charge in [0.05, 0.1) is 13.2 Å². The summed E-state index contributed by atoms with van der Waals surface area (Å²) in [5.41, 5.74) is 2.13. The van der Waals surface area contributed by atoms with Crippen molar-refractivity contribution in [1.29, 1.82) is 0 Å². The van der Waals surface area contributed by atoms with Gasteiger partial charge in [-0.2, -0.15) is 9.97 Å². The Hall–Kier alpha value is -2.40. The van der Waals surface area contributed by atoms with Crippen LogP contribution in [-0.4, -0.2) is 17.1 Å². The van der Waals surface area contributed by atoms with Crippen molar-refractivity contribution in [2.24, 2.45) is 0 Å². The Morgan fingerprint density at radius 2 is 1.82 bits per heavy atom. The fourth-order valence-electron chi connectivity index (χ4n) is 1.95. The van der Waals surface area contributed by atoms with Gasteiger partial charge in [0, 0.05) is 10.4 Å². The first-order valence-corrected chi connectivity index (χ1v) is 7.78. The van der Waals surface area contributed by atoms with Crippen LogP contribution in [0.4, 0.5) is 0 Å². The van der Waals surface area contributed by atoms with Crippen LogP contribution >= 0.6 is 11.3 Å². The highest BCUT2D eigenvalue weighted by molar-refractivity contribution is 7.09. The van der Waals surface area contributed by atoms with E-state index in [1.807, 2.05) is 48.7 Å². The van der Waals surface area contributed by atoms with Crippen LogP contribution in [0.25, 0.3) is 11.4 Å². The van der Waals surface area contributed by atoms with Gasteiger partial charge >= 0.3 is 0 Å². The maximum Gasteiger partial charge on any atom is 0.221 e. The average molecular weight is 312 g/mol. The van der Waals surface area contributed by atoms with Crippen LogP contribution in [-0.2, 0) is 6.61 Å². The van der Waals surface area contributed by atoms with Crippen molar-refractivity contribution in [3.63, 3.8) is 0 Å². The third-order valence-corrected chi connectivity index (χ3v) is 3.99. The van der Waals surface area contributed by atoms with Crippen molar-refractivity contribution in [3.05, 3.63) is 58.3 Å². The van der Waals surface area contributed by atoms with E-state index in [0.717, 1.165) is 10.4 Å². The van der Waals surface area contributed by atoms with Crippen LogP contribution in [0.2, 0.25) is 0 Å². The van der Waals surface area contributed by atoms with E-state index in [2.05, 4.69) is 9.97 Å². The van der Waals surface area contributed by atoms with E-state index in [1.165, 1.54) is 5.56 Å². The van der Waals surface area contributed by atoms with Crippen molar-refractivity contribution in [2.75, 3.05) is 7.11 Å². The Kier molecular flexibility index (Phi) is 4.34. The molecule has 3 rings (SSSR count). The van der Waals surface area contributed by atoms with Crippen LogP contribution in [0, 0.1) is 6.92 Å². The highest BCUT2D eigenvalue weighted by atomic mass is 32.1. The second-order valence-electron chi connectivity index (χ2n) is 4.81. The molecule has 2 aromatic heterocycles. The van der Waals surface area contributed by atoms with Gasteiger partial charge in [0.15, 0.2) is 5.82 Å². The van der Waals surface area contributed by atoms with Crippen LogP contribution < -0.4 is 9.47 Å². The van der Waals surface area contributed by atoms with Crippen molar-refractivity contribution < 1.29 is 9.47 Å². The molecule has 0 atom stereocenters. The molecule has 0 N–H and O–H groups in total. The first kappa shape index (κ1) is 14.5. The van der Waals surface area contributed by atoms with Crippen LogP contribution in [0.1, 0.15) is 10.4 Å². The smallest absolute Gasteiger partial charge is 0.221 e. The number of benzene rings is 1. The van der Waals surface area contributed by atoms with Crippen molar-refractivity contribution in [3.8, 4) is 23.1 Å². The molecular formula is C17H16N2O2S. The first-order valence-electron chi connectivity index (χ1n) is 6.90. The monoisotopic (exact) mass is 312 g/mol. The second-order valence-corrected chi connectivity index (χ2v) is 5.84. The molecule has 3 aromatic rings. The summed E-state index contributed by atoms with van der Waals surface area (Å²) in [6.07, 6.45) is 0. The van der Waals surface area contributed by atoms with Gasteiger partial charge in [-0.15, -0.1) is 11.3 Å². The van der Waals surface area contributed by atoms with Gasteiger partial charge in [0.2, 0.25) is 11.8 Å². The normalized spacial score (nSPS) is 10.5. The number of rotatable bonds is 5. The summed E-state index contributed by atoms with van der Waals surface area (Å²) < 4.78 is 11.0. The summed E-state index contributed by atoms with van der Waals surface area (Å²) in [7, 11) is 1.59. The Bertz CT molecular complexity index is 740. The molecule has 0 aliphatic carbocycles. The van der Waals surface area contributed by atoms with Gasteiger partial charge in [-0.3, -0.25) is 0 Å². The molecule has 0 spiro atoms. The lowest BCUT2D eigenvalue weighted by molar-refractivity contribution is 0.293. The highest BCUT2D eigenvalue weighted by Gasteiger charge is 2.08. The summed E-state index contributed by atoms with van der Waals surface area (Å²) in [5, 5.41) is 2.02. The van der Waals surface area contributed by atoms with Crippen molar-refractivity contribution in [1.82, 2.24) is 9.97 Å². The van der Waals surface area contributed by atoms with E-state index >= 15 is 0 Å². The number of aryl methyl sites for hydroxylation is 1. The first-order chi connectivity index (χ1) is 10.7. The number of hydrogen-bond acceptors (Lipinski definition) is 5. The number of methoxy groups -OCH3 is 1. The molecule has 0 saturated heterocycles. The van der Waals surface area contributed by atoms with Crippen LogP contribution in [0.3, 0.4) is 0 Å². The molecule has 4 nitrogen and oxygen atoms in total. The average Bonchev–Trinajstić information content (AvgIpc) is 3.07. The summed E-state index contributed by atoms with van der Waals surface area (Å²) in [5.74, 6) is 1.60. The SMILES string of the molecule is COc1cc(OCc2cccs2)nc(-c2ccc(C)cc2)n1. The molecule has 0 bridgehead atoms. The molecule has 2 heterocycles. The van der Waals surface area contributed by atoms with Gasteiger partial charge in [0.1, 0.15) is 6.61 Å². The molecule has 0 fully saturated rings. The predicted octanol–water partition coefficient (Wildman–Crippen LogP) is 4.10. The fourth-order valence-corrected chi connectivity index (χ4v) is 2.57. The molecule has 1 aromatic carbocycles. The number of ether oxygens (including phenoxy) is 2. The molecule has 0 aliphatic rings. The van der Waals surface area contributed by atoms with Gasteiger partial charge in [-0.1, -0.05) is 35.9 Å². The molecule has 112 valence electrons. The van der Waals surface area contributed by atoms with Crippen LogP contribution in [0.15, 0.2) is 47.8 Å². The summed E-state index contributed by atoms with van der Waals surface area (Å²) >= 11 is 1.65. The molecule has 0 unspecified atom stereocenters. The van der Waals surface area contributed by atoms with Crippen molar-refractivity contribution in [2.45, 2.75) is 13.5 Å². The fraction of sp³-hybridized carbons (Fsp3) is 0.176. The molecule has 22 heavy (non-hydrogen) atoms. The zero-order valence-corrected chi connectivity index (χ0v) is 13.3. The molecule has 0 radical (unpaired) electrons. The Morgan fingerprint density at radius 3 is 2.50 bits per heavy atom. The minimum Gasteiger partial charge on any atom is -0.481 e. The van der Waals surface area contributed by atoms with Crippen LogP contribution in [0.5, 0.6) is 11.8 Å². The van der Waals surface area contributed by atoms with E-state index in [9.17, 15) is 0 Å². The topological polar surface area (TPSA) is 44.2 Å². The number of nitrogens with zero attached hydrogens (tertiary/aromatic N) is 2. The largest absolute Gasteiger partial charge is 0.481 e. The quantitative estimate of drug-likeness (QED) is 0.711. The van der Waals surface area contributed by atoms with E-state index in [1.54, 1.807) is 24.5 Å². The molecular weight excluding hydrogens is 296 g/mol. The number of aromatic nitrogens is 2. The standard InChI is InChI=1S/C17H16N2O2S/c1-12-5-7-13(8-6-12)17-18-15(20-2)10-16(19-17)21-11-14-4-3-9-22-14/h3-10H,11H2,1-2H3. The molecule has 0 amide bonds. The Labute approximate surface area is 133 Å². The minimum absolute atomic E-state index is 0.491.